The van der Waals surface area contributed by atoms with Gasteiger partial charge in [-0.2, -0.15) is 0 Å². The van der Waals surface area contributed by atoms with Crippen LogP contribution in [0.4, 0.5) is 5.82 Å². The molecule has 0 amide bonds. The lowest BCUT2D eigenvalue weighted by Gasteiger charge is -2.32. The van der Waals surface area contributed by atoms with Crippen LogP contribution in [0.1, 0.15) is 23.2 Å². The first-order chi connectivity index (χ1) is 12.7. The van der Waals surface area contributed by atoms with Crippen LogP contribution >= 0.6 is 0 Å². The number of rotatable bonds is 6. The number of hydrogen-bond donors (Lipinski definition) is 0. The summed E-state index contributed by atoms with van der Waals surface area (Å²) in [4.78, 5) is 23.4. The number of anilines is 1. The second-order valence-corrected chi connectivity index (χ2v) is 6.14. The van der Waals surface area contributed by atoms with Gasteiger partial charge in [0.1, 0.15) is 12.1 Å². The summed E-state index contributed by atoms with van der Waals surface area (Å²) < 4.78 is 15.7. The summed E-state index contributed by atoms with van der Waals surface area (Å²) in [5.41, 5.74) is 0.634. The number of carbonyl (C=O) groups is 1. The van der Waals surface area contributed by atoms with Gasteiger partial charge >= 0.3 is 0 Å². The molecule has 1 atom stereocenters. The summed E-state index contributed by atoms with van der Waals surface area (Å²) in [7, 11) is 4.72. The van der Waals surface area contributed by atoms with Crippen molar-refractivity contribution < 1.29 is 19.0 Å². The van der Waals surface area contributed by atoms with Gasteiger partial charge in [0.15, 0.2) is 17.3 Å². The minimum absolute atomic E-state index is 0.0946. The molecule has 2 heterocycles. The van der Waals surface area contributed by atoms with E-state index in [4.69, 9.17) is 14.2 Å². The normalized spacial score (nSPS) is 16.9. The summed E-state index contributed by atoms with van der Waals surface area (Å²) in [5.74, 6) is 2.48. The highest BCUT2D eigenvalue weighted by molar-refractivity contribution is 5.98. The molecule has 138 valence electrons. The number of hydrogen-bond acceptors (Lipinski definition) is 7. The number of piperidine rings is 1. The van der Waals surface area contributed by atoms with Crippen molar-refractivity contribution in [2.24, 2.45) is 5.92 Å². The molecule has 0 bridgehead atoms. The maximum absolute atomic E-state index is 13.0. The van der Waals surface area contributed by atoms with Crippen molar-refractivity contribution in [3.8, 4) is 17.4 Å². The SMILES string of the molecule is COc1cc(N2CCC[C@H](C(=O)c3ccc(OC)c(OC)c3)C2)ncn1. The second kappa shape index (κ2) is 8.03. The summed E-state index contributed by atoms with van der Waals surface area (Å²) in [5, 5.41) is 0. The summed E-state index contributed by atoms with van der Waals surface area (Å²) in [6, 6.07) is 7.09. The van der Waals surface area contributed by atoms with E-state index in [1.165, 1.54) is 6.33 Å². The van der Waals surface area contributed by atoms with Crippen LogP contribution in [0.3, 0.4) is 0 Å². The van der Waals surface area contributed by atoms with Crippen LogP contribution in [0.2, 0.25) is 0 Å². The molecule has 1 aromatic carbocycles. The molecule has 26 heavy (non-hydrogen) atoms. The topological polar surface area (TPSA) is 73.8 Å². The van der Waals surface area contributed by atoms with Crippen molar-refractivity contribution in [1.29, 1.82) is 0 Å². The van der Waals surface area contributed by atoms with E-state index in [9.17, 15) is 4.79 Å². The van der Waals surface area contributed by atoms with E-state index in [0.29, 0.717) is 29.5 Å². The molecule has 0 aliphatic carbocycles. The third-order valence-corrected chi connectivity index (χ3v) is 4.62. The third kappa shape index (κ3) is 3.71. The standard InChI is InChI=1S/C19H23N3O4/c1-24-15-7-6-13(9-16(15)25-2)19(23)14-5-4-8-22(11-14)17-10-18(26-3)21-12-20-17/h6-7,9-10,12,14H,4-5,8,11H2,1-3H3/t14-/m0/s1. The van der Waals surface area contributed by atoms with Gasteiger partial charge in [-0.05, 0) is 31.0 Å². The number of ketones is 1. The zero-order valence-electron chi connectivity index (χ0n) is 15.3. The number of carbonyl (C=O) groups excluding carboxylic acids is 1. The van der Waals surface area contributed by atoms with Crippen LogP contribution in [0.5, 0.6) is 17.4 Å². The predicted octanol–water partition coefficient (Wildman–Crippen LogP) is 2.60. The Hall–Kier alpha value is -2.83. The van der Waals surface area contributed by atoms with Gasteiger partial charge in [-0.15, -0.1) is 0 Å². The average molecular weight is 357 g/mol. The minimum Gasteiger partial charge on any atom is -0.493 e. The van der Waals surface area contributed by atoms with Gasteiger partial charge < -0.3 is 19.1 Å². The Labute approximate surface area is 152 Å². The lowest BCUT2D eigenvalue weighted by Crippen LogP contribution is -2.39. The predicted molar refractivity (Wildman–Crippen MR) is 97.4 cm³/mol. The first-order valence-electron chi connectivity index (χ1n) is 8.53. The third-order valence-electron chi connectivity index (χ3n) is 4.62. The Morgan fingerprint density at radius 1 is 1.08 bits per heavy atom. The van der Waals surface area contributed by atoms with Gasteiger partial charge in [-0.1, -0.05) is 0 Å². The van der Waals surface area contributed by atoms with Gasteiger partial charge in [-0.3, -0.25) is 4.79 Å². The summed E-state index contributed by atoms with van der Waals surface area (Å²) >= 11 is 0. The Balaban J connectivity index is 1.77. The molecule has 7 heteroatoms. The number of methoxy groups -OCH3 is 3. The number of benzene rings is 1. The molecule has 1 fully saturated rings. The highest BCUT2D eigenvalue weighted by Crippen LogP contribution is 2.30. The van der Waals surface area contributed by atoms with Gasteiger partial charge in [-0.25, -0.2) is 9.97 Å². The van der Waals surface area contributed by atoms with Crippen LogP contribution in [0.25, 0.3) is 0 Å². The lowest BCUT2D eigenvalue weighted by molar-refractivity contribution is 0.0906. The molecular weight excluding hydrogens is 334 g/mol. The Morgan fingerprint density at radius 2 is 1.88 bits per heavy atom. The largest absolute Gasteiger partial charge is 0.493 e. The minimum atomic E-state index is -0.0946. The maximum Gasteiger partial charge on any atom is 0.218 e. The molecule has 0 spiro atoms. The molecule has 0 saturated carbocycles. The molecule has 1 saturated heterocycles. The van der Waals surface area contributed by atoms with Crippen molar-refractivity contribution in [3.63, 3.8) is 0 Å². The molecule has 0 unspecified atom stereocenters. The molecule has 0 N–H and O–H groups in total. The Kier molecular flexibility index (Phi) is 5.55. The van der Waals surface area contributed by atoms with Gasteiger partial charge in [0.2, 0.25) is 5.88 Å². The highest BCUT2D eigenvalue weighted by atomic mass is 16.5. The molecule has 1 aliphatic rings. The van der Waals surface area contributed by atoms with Crippen molar-refractivity contribution in [2.75, 3.05) is 39.3 Å². The summed E-state index contributed by atoms with van der Waals surface area (Å²) in [6.07, 6.45) is 3.26. The monoisotopic (exact) mass is 357 g/mol. The second-order valence-electron chi connectivity index (χ2n) is 6.14. The van der Waals surface area contributed by atoms with Gasteiger partial charge in [0, 0.05) is 30.6 Å². The van der Waals surface area contributed by atoms with E-state index in [1.54, 1.807) is 45.6 Å². The van der Waals surface area contributed by atoms with Crippen molar-refractivity contribution in [1.82, 2.24) is 9.97 Å². The van der Waals surface area contributed by atoms with Gasteiger partial charge in [0.25, 0.3) is 0 Å². The number of ether oxygens (including phenoxy) is 3. The average Bonchev–Trinajstić information content (AvgIpc) is 2.72. The molecule has 7 nitrogen and oxygen atoms in total. The Morgan fingerprint density at radius 3 is 2.62 bits per heavy atom. The van der Waals surface area contributed by atoms with Crippen molar-refractivity contribution in [2.45, 2.75) is 12.8 Å². The first-order valence-corrected chi connectivity index (χ1v) is 8.53. The van der Waals surface area contributed by atoms with Crippen LogP contribution in [0.15, 0.2) is 30.6 Å². The maximum atomic E-state index is 13.0. The van der Waals surface area contributed by atoms with Crippen molar-refractivity contribution in [3.05, 3.63) is 36.2 Å². The molecule has 1 aromatic heterocycles. The van der Waals surface area contributed by atoms with E-state index >= 15 is 0 Å². The smallest absolute Gasteiger partial charge is 0.218 e. The van der Waals surface area contributed by atoms with Crippen molar-refractivity contribution >= 4 is 11.6 Å². The quantitative estimate of drug-likeness (QED) is 0.736. The molecule has 1 aliphatic heterocycles. The highest BCUT2D eigenvalue weighted by Gasteiger charge is 2.28. The van der Waals surface area contributed by atoms with E-state index < -0.39 is 0 Å². The number of Topliss-reactive ketones (excluding diaryl/α,β-unsaturated/α-hetero) is 1. The van der Waals surface area contributed by atoms with Crippen LogP contribution in [0, 0.1) is 5.92 Å². The number of nitrogens with zero attached hydrogens (tertiary/aromatic N) is 3. The molecule has 0 radical (unpaired) electrons. The lowest BCUT2D eigenvalue weighted by atomic mass is 9.90. The fourth-order valence-corrected chi connectivity index (χ4v) is 3.24. The molecule has 2 aromatic rings. The van der Waals surface area contributed by atoms with Crippen LogP contribution in [-0.4, -0.2) is 50.2 Å². The molecular formula is C19H23N3O4. The number of aromatic nitrogens is 2. The Bertz CT molecular complexity index is 781. The van der Waals surface area contributed by atoms with Crippen LogP contribution < -0.4 is 19.1 Å². The van der Waals surface area contributed by atoms with E-state index in [-0.39, 0.29) is 11.7 Å². The molecule has 3 rings (SSSR count). The first kappa shape index (κ1) is 18.0. The zero-order chi connectivity index (χ0) is 18.5. The van der Waals surface area contributed by atoms with E-state index in [2.05, 4.69) is 14.9 Å². The fraction of sp³-hybridized carbons (Fsp3) is 0.421. The summed E-state index contributed by atoms with van der Waals surface area (Å²) in [6.45, 7) is 1.48. The van der Waals surface area contributed by atoms with Gasteiger partial charge in [0.05, 0.1) is 21.3 Å². The van der Waals surface area contributed by atoms with E-state index in [0.717, 1.165) is 25.2 Å². The van der Waals surface area contributed by atoms with E-state index in [1.807, 2.05) is 0 Å². The fourth-order valence-electron chi connectivity index (χ4n) is 3.24. The zero-order valence-corrected chi connectivity index (χ0v) is 15.3. The van der Waals surface area contributed by atoms with Crippen LogP contribution in [-0.2, 0) is 0 Å².